The summed E-state index contributed by atoms with van der Waals surface area (Å²) in [5.74, 6) is 5.89. The van der Waals surface area contributed by atoms with Crippen LogP contribution in [-0.4, -0.2) is 34.9 Å². The lowest BCUT2D eigenvalue weighted by Gasteiger charge is -2.20. The van der Waals surface area contributed by atoms with E-state index in [0.29, 0.717) is 6.42 Å². The lowest BCUT2D eigenvalue weighted by atomic mass is 9.97. The summed E-state index contributed by atoms with van der Waals surface area (Å²) in [6.07, 6.45) is 2.23. The SMILES string of the molecule is Cn1nncc1C(NN)C1CCS(=O)(=O)C1. The lowest BCUT2D eigenvalue weighted by Crippen LogP contribution is -2.35. The number of nitrogens with two attached hydrogens (primary N) is 1. The van der Waals surface area contributed by atoms with Crippen molar-refractivity contribution in [1.82, 2.24) is 20.4 Å². The summed E-state index contributed by atoms with van der Waals surface area (Å²) in [5, 5.41) is 7.58. The number of rotatable bonds is 3. The number of sulfone groups is 1. The molecule has 0 aromatic carbocycles. The van der Waals surface area contributed by atoms with Crippen molar-refractivity contribution >= 4 is 9.84 Å². The van der Waals surface area contributed by atoms with Crippen molar-refractivity contribution in [2.75, 3.05) is 11.5 Å². The van der Waals surface area contributed by atoms with Gasteiger partial charge in [-0.1, -0.05) is 5.21 Å². The first-order valence-electron chi connectivity index (χ1n) is 5.04. The molecule has 8 heteroatoms. The second-order valence-electron chi connectivity index (χ2n) is 4.09. The summed E-state index contributed by atoms with van der Waals surface area (Å²) in [4.78, 5) is 0. The Morgan fingerprint density at radius 2 is 2.44 bits per heavy atom. The molecule has 7 nitrogen and oxygen atoms in total. The van der Waals surface area contributed by atoms with E-state index in [9.17, 15) is 8.42 Å². The van der Waals surface area contributed by atoms with Crippen LogP contribution in [0.15, 0.2) is 6.20 Å². The van der Waals surface area contributed by atoms with E-state index in [1.54, 1.807) is 17.9 Å². The van der Waals surface area contributed by atoms with E-state index < -0.39 is 9.84 Å². The molecule has 2 heterocycles. The maximum absolute atomic E-state index is 11.4. The maximum Gasteiger partial charge on any atom is 0.150 e. The number of hydrogen-bond acceptors (Lipinski definition) is 6. The van der Waals surface area contributed by atoms with Crippen molar-refractivity contribution in [2.24, 2.45) is 18.8 Å². The zero-order valence-electron chi connectivity index (χ0n) is 9.00. The van der Waals surface area contributed by atoms with E-state index in [2.05, 4.69) is 15.7 Å². The zero-order chi connectivity index (χ0) is 11.8. The van der Waals surface area contributed by atoms with E-state index >= 15 is 0 Å². The number of aryl methyl sites for hydroxylation is 1. The molecule has 2 atom stereocenters. The average molecular weight is 245 g/mol. The molecule has 0 aliphatic carbocycles. The second kappa shape index (κ2) is 4.11. The largest absolute Gasteiger partial charge is 0.271 e. The number of hydrogen-bond donors (Lipinski definition) is 2. The van der Waals surface area contributed by atoms with Gasteiger partial charge in [-0.05, 0) is 12.3 Å². The Bertz CT molecular complexity index is 469. The van der Waals surface area contributed by atoms with Crippen molar-refractivity contribution in [3.8, 4) is 0 Å². The second-order valence-corrected chi connectivity index (χ2v) is 6.32. The third-order valence-electron chi connectivity index (χ3n) is 2.99. The fourth-order valence-electron chi connectivity index (χ4n) is 2.13. The number of aromatic nitrogens is 3. The van der Waals surface area contributed by atoms with Gasteiger partial charge < -0.3 is 0 Å². The Kier molecular flexibility index (Phi) is 2.96. The van der Waals surface area contributed by atoms with Gasteiger partial charge in [-0.25, -0.2) is 8.42 Å². The van der Waals surface area contributed by atoms with Crippen molar-refractivity contribution in [3.05, 3.63) is 11.9 Å². The molecular weight excluding hydrogens is 230 g/mol. The molecule has 2 rings (SSSR count). The molecular formula is C8H15N5O2S. The van der Waals surface area contributed by atoms with Crippen LogP contribution in [0.5, 0.6) is 0 Å². The van der Waals surface area contributed by atoms with Gasteiger partial charge in [0.1, 0.15) is 0 Å². The van der Waals surface area contributed by atoms with Crippen LogP contribution in [0.4, 0.5) is 0 Å². The van der Waals surface area contributed by atoms with Crippen LogP contribution in [0, 0.1) is 5.92 Å². The predicted molar refractivity (Wildman–Crippen MR) is 57.8 cm³/mol. The van der Waals surface area contributed by atoms with Crippen molar-refractivity contribution in [3.63, 3.8) is 0 Å². The molecule has 1 aromatic rings. The third-order valence-corrected chi connectivity index (χ3v) is 4.78. The van der Waals surface area contributed by atoms with Crippen LogP contribution in [0.3, 0.4) is 0 Å². The summed E-state index contributed by atoms with van der Waals surface area (Å²) >= 11 is 0. The van der Waals surface area contributed by atoms with Gasteiger partial charge in [-0.2, -0.15) is 0 Å². The summed E-state index contributed by atoms with van der Waals surface area (Å²) in [7, 11) is -1.14. The summed E-state index contributed by atoms with van der Waals surface area (Å²) in [6.45, 7) is 0. The Morgan fingerprint density at radius 1 is 1.69 bits per heavy atom. The van der Waals surface area contributed by atoms with Gasteiger partial charge in [0.2, 0.25) is 0 Å². The highest BCUT2D eigenvalue weighted by Gasteiger charge is 2.35. The van der Waals surface area contributed by atoms with Gasteiger partial charge in [0, 0.05) is 7.05 Å². The molecule has 16 heavy (non-hydrogen) atoms. The van der Waals surface area contributed by atoms with E-state index in [1.807, 2.05) is 0 Å². The van der Waals surface area contributed by atoms with Gasteiger partial charge >= 0.3 is 0 Å². The minimum Gasteiger partial charge on any atom is -0.271 e. The van der Waals surface area contributed by atoms with Crippen LogP contribution < -0.4 is 11.3 Å². The molecule has 0 spiro atoms. The molecule has 0 saturated carbocycles. The molecule has 90 valence electrons. The van der Waals surface area contributed by atoms with E-state index in [-0.39, 0.29) is 23.5 Å². The van der Waals surface area contributed by atoms with Crippen LogP contribution >= 0.6 is 0 Å². The molecule has 0 bridgehead atoms. The van der Waals surface area contributed by atoms with Gasteiger partial charge in [0.15, 0.2) is 9.84 Å². The highest BCUT2D eigenvalue weighted by atomic mass is 32.2. The number of nitrogens with one attached hydrogen (secondary N) is 1. The summed E-state index contributed by atoms with van der Waals surface area (Å²) in [6, 6.07) is -0.211. The van der Waals surface area contributed by atoms with Crippen LogP contribution in [0.25, 0.3) is 0 Å². The quantitative estimate of drug-likeness (QED) is 0.510. The Balaban J connectivity index is 2.22. The maximum atomic E-state index is 11.4. The standard InChI is InChI=1S/C8H15N5O2S/c1-13-7(4-10-12-13)8(11-9)6-2-3-16(14,15)5-6/h4,6,8,11H,2-3,5,9H2,1H3. The van der Waals surface area contributed by atoms with Gasteiger partial charge in [0.25, 0.3) is 0 Å². The normalized spacial score (nSPS) is 25.8. The van der Waals surface area contributed by atoms with Crippen molar-refractivity contribution in [2.45, 2.75) is 12.5 Å². The molecule has 1 aromatic heterocycles. The first-order chi connectivity index (χ1) is 7.53. The van der Waals surface area contributed by atoms with E-state index in [0.717, 1.165) is 5.69 Å². The van der Waals surface area contributed by atoms with Crippen LogP contribution in [0.1, 0.15) is 18.2 Å². The van der Waals surface area contributed by atoms with Crippen LogP contribution in [-0.2, 0) is 16.9 Å². The molecule has 0 radical (unpaired) electrons. The predicted octanol–water partition coefficient (Wildman–Crippen LogP) is -1.25. The lowest BCUT2D eigenvalue weighted by molar-refractivity contribution is 0.379. The fraction of sp³-hybridized carbons (Fsp3) is 0.750. The molecule has 1 aliphatic rings. The molecule has 1 fully saturated rings. The highest BCUT2D eigenvalue weighted by molar-refractivity contribution is 7.91. The number of nitrogens with zero attached hydrogens (tertiary/aromatic N) is 3. The number of hydrazine groups is 1. The van der Waals surface area contributed by atoms with Gasteiger partial charge in [-0.15, -0.1) is 5.10 Å². The molecule has 0 amide bonds. The Labute approximate surface area is 93.9 Å². The van der Waals surface area contributed by atoms with E-state index in [1.165, 1.54) is 0 Å². The fourth-order valence-corrected chi connectivity index (χ4v) is 3.97. The summed E-state index contributed by atoms with van der Waals surface area (Å²) < 4.78 is 24.4. The first-order valence-corrected chi connectivity index (χ1v) is 6.87. The van der Waals surface area contributed by atoms with Gasteiger partial charge in [-0.3, -0.25) is 16.0 Å². The molecule has 2 unspecified atom stereocenters. The summed E-state index contributed by atoms with van der Waals surface area (Å²) in [5.41, 5.74) is 3.47. The smallest absolute Gasteiger partial charge is 0.150 e. The topological polar surface area (TPSA) is 103 Å². The van der Waals surface area contributed by atoms with E-state index in [4.69, 9.17) is 5.84 Å². The third kappa shape index (κ3) is 2.08. The zero-order valence-corrected chi connectivity index (χ0v) is 9.81. The molecule has 3 N–H and O–H groups in total. The average Bonchev–Trinajstić information content (AvgIpc) is 2.76. The molecule has 1 aliphatic heterocycles. The highest BCUT2D eigenvalue weighted by Crippen LogP contribution is 2.30. The van der Waals surface area contributed by atoms with Crippen molar-refractivity contribution in [1.29, 1.82) is 0 Å². The first kappa shape index (κ1) is 11.5. The van der Waals surface area contributed by atoms with Gasteiger partial charge in [0.05, 0.1) is 29.4 Å². The van der Waals surface area contributed by atoms with Crippen LogP contribution in [0.2, 0.25) is 0 Å². The minimum atomic E-state index is -2.90. The Hall–Kier alpha value is -0.990. The minimum absolute atomic E-state index is 0.00722. The molecule has 1 saturated heterocycles. The van der Waals surface area contributed by atoms with Crippen molar-refractivity contribution < 1.29 is 8.42 Å². The Morgan fingerprint density at radius 3 is 2.88 bits per heavy atom. The monoisotopic (exact) mass is 245 g/mol.